The molecule has 0 amide bonds. The summed E-state index contributed by atoms with van der Waals surface area (Å²) in [6.45, 7) is 3.71. The zero-order chi connectivity index (χ0) is 11.4. The number of nitrogens with two attached hydrogens (primary N) is 1. The molecule has 2 N–H and O–H groups in total. The lowest BCUT2D eigenvalue weighted by atomic mass is 10.1. The number of halogens is 1. The summed E-state index contributed by atoms with van der Waals surface area (Å²) in [7, 11) is 1.63. The van der Waals surface area contributed by atoms with Crippen molar-refractivity contribution in [1.82, 2.24) is 14.9 Å². The van der Waals surface area contributed by atoms with Gasteiger partial charge in [0.25, 0.3) is 0 Å². The third-order valence-corrected chi connectivity index (χ3v) is 3.01. The van der Waals surface area contributed by atoms with Crippen LogP contribution in [0.4, 0.5) is 0 Å². The highest BCUT2D eigenvalue weighted by molar-refractivity contribution is 5.85. The minimum Gasteiger partial charge on any atom is -0.480 e. The Bertz CT molecular complexity index is 350. The van der Waals surface area contributed by atoms with Gasteiger partial charge in [-0.15, -0.1) is 12.4 Å². The van der Waals surface area contributed by atoms with Crippen molar-refractivity contribution in [2.24, 2.45) is 11.7 Å². The lowest BCUT2D eigenvalue weighted by Gasteiger charge is -2.15. The minimum atomic E-state index is 0. The largest absolute Gasteiger partial charge is 0.480 e. The Hall–Kier alpha value is -0.910. The molecule has 1 aliphatic heterocycles. The van der Waals surface area contributed by atoms with Gasteiger partial charge in [-0.05, 0) is 25.4 Å². The minimum absolute atomic E-state index is 0. The number of hydrogen-bond acceptors (Lipinski definition) is 5. The van der Waals surface area contributed by atoms with E-state index in [4.69, 9.17) is 10.5 Å². The molecule has 17 heavy (non-hydrogen) atoms. The number of aromatic nitrogens is 2. The third-order valence-electron chi connectivity index (χ3n) is 3.01. The monoisotopic (exact) mass is 258 g/mol. The summed E-state index contributed by atoms with van der Waals surface area (Å²) in [6.07, 6.45) is 4.53. The second-order valence-electron chi connectivity index (χ2n) is 4.14. The lowest BCUT2D eigenvalue weighted by molar-refractivity contribution is 0.301. The zero-order valence-corrected chi connectivity index (χ0v) is 10.8. The van der Waals surface area contributed by atoms with Crippen molar-refractivity contribution < 1.29 is 4.74 Å². The van der Waals surface area contributed by atoms with E-state index in [1.54, 1.807) is 19.5 Å². The van der Waals surface area contributed by atoms with Gasteiger partial charge in [0, 0.05) is 25.5 Å². The molecule has 2 heterocycles. The molecule has 0 bridgehead atoms. The van der Waals surface area contributed by atoms with E-state index in [-0.39, 0.29) is 12.4 Å². The third kappa shape index (κ3) is 3.52. The van der Waals surface area contributed by atoms with Crippen molar-refractivity contribution in [1.29, 1.82) is 0 Å². The topological polar surface area (TPSA) is 64.3 Å². The summed E-state index contributed by atoms with van der Waals surface area (Å²) in [5, 5.41) is 0. The molecule has 1 aliphatic rings. The van der Waals surface area contributed by atoms with Gasteiger partial charge < -0.3 is 10.5 Å². The van der Waals surface area contributed by atoms with Gasteiger partial charge in [-0.2, -0.15) is 0 Å². The molecule has 0 aliphatic carbocycles. The molecule has 6 heteroatoms. The van der Waals surface area contributed by atoms with E-state index in [2.05, 4.69) is 14.9 Å². The van der Waals surface area contributed by atoms with E-state index in [0.717, 1.165) is 31.9 Å². The van der Waals surface area contributed by atoms with Crippen molar-refractivity contribution in [2.45, 2.75) is 13.0 Å². The van der Waals surface area contributed by atoms with Gasteiger partial charge in [0.15, 0.2) is 0 Å². The van der Waals surface area contributed by atoms with Crippen LogP contribution >= 0.6 is 12.4 Å². The van der Waals surface area contributed by atoms with Crippen LogP contribution in [0.3, 0.4) is 0 Å². The quantitative estimate of drug-likeness (QED) is 0.861. The van der Waals surface area contributed by atoms with Crippen molar-refractivity contribution in [3.63, 3.8) is 0 Å². The van der Waals surface area contributed by atoms with Gasteiger partial charge >= 0.3 is 0 Å². The van der Waals surface area contributed by atoms with E-state index in [0.29, 0.717) is 11.8 Å². The Morgan fingerprint density at radius 1 is 1.47 bits per heavy atom. The first-order valence-electron chi connectivity index (χ1n) is 5.59. The number of methoxy groups -OCH3 is 1. The number of likely N-dealkylation sites (tertiary alicyclic amines) is 1. The van der Waals surface area contributed by atoms with Gasteiger partial charge in [0.2, 0.25) is 5.88 Å². The van der Waals surface area contributed by atoms with Gasteiger partial charge in [0.05, 0.1) is 7.11 Å². The molecule has 1 aromatic rings. The van der Waals surface area contributed by atoms with Gasteiger partial charge in [-0.1, -0.05) is 0 Å². The molecule has 0 spiro atoms. The predicted octanol–water partition coefficient (Wildman–Crippen LogP) is 0.688. The average molecular weight is 259 g/mol. The second kappa shape index (κ2) is 6.74. The number of nitrogens with zero attached hydrogens (tertiary/aromatic N) is 3. The summed E-state index contributed by atoms with van der Waals surface area (Å²) in [4.78, 5) is 10.8. The summed E-state index contributed by atoms with van der Waals surface area (Å²) in [5.41, 5.74) is 6.57. The Balaban J connectivity index is 0.00000144. The maximum atomic E-state index is 5.67. The molecular weight excluding hydrogens is 240 g/mol. The molecule has 0 radical (unpaired) electrons. The van der Waals surface area contributed by atoms with Gasteiger partial charge in [0.1, 0.15) is 5.69 Å². The van der Waals surface area contributed by atoms with E-state index < -0.39 is 0 Å². The molecule has 96 valence electrons. The molecule has 1 aromatic heterocycles. The number of hydrogen-bond donors (Lipinski definition) is 1. The molecule has 0 saturated carbocycles. The Kier molecular flexibility index (Phi) is 5.61. The molecule has 1 unspecified atom stereocenters. The summed E-state index contributed by atoms with van der Waals surface area (Å²) < 4.78 is 5.18. The highest BCUT2D eigenvalue weighted by Gasteiger charge is 2.22. The van der Waals surface area contributed by atoms with Crippen LogP contribution in [0.15, 0.2) is 12.4 Å². The lowest BCUT2D eigenvalue weighted by Crippen LogP contribution is -2.23. The molecular formula is C11H19ClN4O. The predicted molar refractivity (Wildman–Crippen MR) is 68.3 cm³/mol. The number of rotatable bonds is 4. The second-order valence-corrected chi connectivity index (χ2v) is 4.14. The first-order chi connectivity index (χ1) is 7.83. The van der Waals surface area contributed by atoms with Crippen LogP contribution in [0.1, 0.15) is 12.1 Å². The fraction of sp³-hybridized carbons (Fsp3) is 0.636. The molecule has 2 rings (SSSR count). The van der Waals surface area contributed by atoms with Crippen LogP contribution in [0, 0.1) is 5.92 Å². The fourth-order valence-corrected chi connectivity index (χ4v) is 2.09. The van der Waals surface area contributed by atoms with Gasteiger partial charge in [-0.3, -0.25) is 9.88 Å². The summed E-state index contributed by atoms with van der Waals surface area (Å²) >= 11 is 0. The smallest absolute Gasteiger partial charge is 0.236 e. The van der Waals surface area contributed by atoms with Crippen LogP contribution in [-0.2, 0) is 6.54 Å². The summed E-state index contributed by atoms with van der Waals surface area (Å²) in [5.74, 6) is 1.25. The fourth-order valence-electron chi connectivity index (χ4n) is 2.09. The van der Waals surface area contributed by atoms with Crippen LogP contribution in [0.25, 0.3) is 0 Å². The molecule has 1 saturated heterocycles. The SMILES string of the molecule is COc1nccnc1CN1CCC(CN)C1.Cl. The highest BCUT2D eigenvalue weighted by Crippen LogP contribution is 2.19. The summed E-state index contributed by atoms with van der Waals surface area (Å²) in [6, 6.07) is 0. The Morgan fingerprint density at radius 2 is 2.24 bits per heavy atom. The van der Waals surface area contributed by atoms with Crippen LogP contribution in [-0.4, -0.2) is 41.6 Å². The Labute approximate surface area is 108 Å². The van der Waals surface area contributed by atoms with E-state index in [1.165, 1.54) is 6.42 Å². The molecule has 1 fully saturated rings. The van der Waals surface area contributed by atoms with E-state index >= 15 is 0 Å². The average Bonchev–Trinajstić information content (AvgIpc) is 2.77. The normalized spacial score (nSPS) is 20.0. The zero-order valence-electron chi connectivity index (χ0n) is 10.0. The highest BCUT2D eigenvalue weighted by atomic mass is 35.5. The molecule has 5 nitrogen and oxygen atoms in total. The maximum Gasteiger partial charge on any atom is 0.236 e. The van der Waals surface area contributed by atoms with Crippen LogP contribution < -0.4 is 10.5 Å². The van der Waals surface area contributed by atoms with Crippen LogP contribution in [0.2, 0.25) is 0 Å². The first-order valence-corrected chi connectivity index (χ1v) is 5.59. The van der Waals surface area contributed by atoms with E-state index in [9.17, 15) is 0 Å². The number of ether oxygens (including phenoxy) is 1. The maximum absolute atomic E-state index is 5.67. The van der Waals surface area contributed by atoms with Crippen molar-refractivity contribution in [3.8, 4) is 5.88 Å². The van der Waals surface area contributed by atoms with E-state index in [1.807, 2.05) is 0 Å². The van der Waals surface area contributed by atoms with Crippen molar-refractivity contribution in [3.05, 3.63) is 18.1 Å². The molecule has 1 atom stereocenters. The van der Waals surface area contributed by atoms with Crippen molar-refractivity contribution >= 4 is 12.4 Å². The first kappa shape index (κ1) is 14.2. The Morgan fingerprint density at radius 3 is 2.88 bits per heavy atom. The van der Waals surface area contributed by atoms with Gasteiger partial charge in [-0.25, -0.2) is 4.98 Å². The standard InChI is InChI=1S/C11H18N4O.ClH/c1-16-11-10(13-3-4-14-11)8-15-5-2-9(6-12)7-15;/h3-4,9H,2,5-8,12H2,1H3;1H. The van der Waals surface area contributed by atoms with Crippen LogP contribution in [0.5, 0.6) is 5.88 Å². The van der Waals surface area contributed by atoms with Crippen molar-refractivity contribution in [2.75, 3.05) is 26.7 Å². The molecule has 0 aromatic carbocycles.